The number of hydrogen-bond acceptors (Lipinski definition) is 2. The summed E-state index contributed by atoms with van der Waals surface area (Å²) in [6, 6.07) is 0. The maximum absolute atomic E-state index is 10.7. The topological polar surface area (TPSA) is 26.3 Å². The predicted molar refractivity (Wildman–Crippen MR) is 53.8 cm³/mol. The van der Waals surface area contributed by atoms with E-state index in [4.69, 9.17) is 4.43 Å². The third kappa shape index (κ3) is 7.95. The van der Waals surface area contributed by atoms with E-state index in [0.29, 0.717) is 6.42 Å². The average molecular weight is 188 g/mol. The lowest BCUT2D eigenvalue weighted by Gasteiger charge is -2.23. The fraction of sp³-hybridized carbons (Fsp3) is 0.889. The van der Waals surface area contributed by atoms with Crippen LogP contribution in [0.2, 0.25) is 19.6 Å². The molecule has 12 heavy (non-hydrogen) atoms. The molecule has 0 aromatic heterocycles. The van der Waals surface area contributed by atoms with Crippen molar-refractivity contribution in [1.82, 2.24) is 0 Å². The largest absolute Gasteiger partial charge is 0.415 e. The summed E-state index contributed by atoms with van der Waals surface area (Å²) in [5, 5.41) is 0. The standard InChI is InChI=1S/C9H20O2Si/c1-8(10)6-7-9(2)11-12(3,4)5/h9H,6-7H2,1-5H3/t9-/m1/s1. The van der Waals surface area contributed by atoms with Crippen LogP contribution in [-0.2, 0) is 9.22 Å². The molecule has 0 amide bonds. The molecular weight excluding hydrogens is 168 g/mol. The van der Waals surface area contributed by atoms with Crippen molar-refractivity contribution >= 4 is 14.1 Å². The summed E-state index contributed by atoms with van der Waals surface area (Å²) in [4.78, 5) is 10.7. The van der Waals surface area contributed by atoms with Gasteiger partial charge in [0.25, 0.3) is 0 Å². The number of ketones is 1. The van der Waals surface area contributed by atoms with Gasteiger partial charge in [0.05, 0.1) is 0 Å². The van der Waals surface area contributed by atoms with Gasteiger partial charge in [0.2, 0.25) is 0 Å². The smallest absolute Gasteiger partial charge is 0.184 e. The predicted octanol–water partition coefficient (Wildman–Crippen LogP) is 2.60. The minimum atomic E-state index is -1.40. The van der Waals surface area contributed by atoms with E-state index >= 15 is 0 Å². The molecule has 0 radical (unpaired) electrons. The molecule has 0 saturated carbocycles. The van der Waals surface area contributed by atoms with Crippen LogP contribution in [-0.4, -0.2) is 20.2 Å². The zero-order chi connectivity index (χ0) is 9.78. The van der Waals surface area contributed by atoms with Crippen molar-refractivity contribution in [1.29, 1.82) is 0 Å². The van der Waals surface area contributed by atoms with E-state index in [9.17, 15) is 4.79 Å². The molecule has 0 aromatic carbocycles. The fourth-order valence-electron chi connectivity index (χ4n) is 1.07. The van der Waals surface area contributed by atoms with Gasteiger partial charge < -0.3 is 9.22 Å². The zero-order valence-electron chi connectivity index (χ0n) is 8.81. The van der Waals surface area contributed by atoms with Crippen LogP contribution in [0.1, 0.15) is 26.7 Å². The van der Waals surface area contributed by atoms with Gasteiger partial charge in [-0.05, 0) is 39.9 Å². The highest BCUT2D eigenvalue weighted by atomic mass is 28.4. The van der Waals surface area contributed by atoms with Gasteiger partial charge in [0.1, 0.15) is 5.78 Å². The third-order valence-electron chi connectivity index (χ3n) is 1.46. The second-order valence-electron chi connectivity index (χ2n) is 4.28. The van der Waals surface area contributed by atoms with E-state index in [1.165, 1.54) is 0 Å². The number of rotatable bonds is 5. The van der Waals surface area contributed by atoms with Crippen LogP contribution >= 0.6 is 0 Å². The Labute approximate surface area is 76.4 Å². The Balaban J connectivity index is 3.60. The van der Waals surface area contributed by atoms with Crippen molar-refractivity contribution in [2.24, 2.45) is 0 Å². The summed E-state index contributed by atoms with van der Waals surface area (Å²) in [5.74, 6) is 0.251. The molecule has 3 heteroatoms. The number of Topliss-reactive ketones (excluding diaryl/α,β-unsaturated/α-hetero) is 1. The van der Waals surface area contributed by atoms with Crippen molar-refractivity contribution in [3.8, 4) is 0 Å². The molecule has 0 heterocycles. The molecule has 0 unspecified atom stereocenters. The van der Waals surface area contributed by atoms with Crippen LogP contribution in [0.25, 0.3) is 0 Å². The zero-order valence-corrected chi connectivity index (χ0v) is 9.81. The second kappa shape index (κ2) is 4.77. The van der Waals surface area contributed by atoms with Crippen molar-refractivity contribution in [2.45, 2.75) is 52.4 Å². The quantitative estimate of drug-likeness (QED) is 0.620. The molecule has 0 fully saturated rings. The van der Waals surface area contributed by atoms with Crippen LogP contribution in [0.5, 0.6) is 0 Å². The normalized spacial score (nSPS) is 14.4. The summed E-state index contributed by atoms with van der Waals surface area (Å²) >= 11 is 0. The van der Waals surface area contributed by atoms with Gasteiger partial charge in [-0.1, -0.05) is 0 Å². The van der Waals surface area contributed by atoms with Crippen LogP contribution in [0.15, 0.2) is 0 Å². The van der Waals surface area contributed by atoms with Crippen molar-refractivity contribution < 1.29 is 9.22 Å². The minimum absolute atomic E-state index is 0.237. The number of hydrogen-bond donors (Lipinski definition) is 0. The molecule has 2 nitrogen and oxygen atoms in total. The molecule has 0 aromatic rings. The van der Waals surface area contributed by atoms with Gasteiger partial charge in [-0.2, -0.15) is 0 Å². The van der Waals surface area contributed by atoms with Crippen molar-refractivity contribution in [2.75, 3.05) is 0 Å². The molecule has 0 aliphatic rings. The lowest BCUT2D eigenvalue weighted by atomic mass is 10.2. The summed E-state index contributed by atoms with van der Waals surface area (Å²) in [6.45, 7) is 10.2. The molecular formula is C9H20O2Si. The summed E-state index contributed by atoms with van der Waals surface area (Å²) in [6.07, 6.45) is 1.74. The third-order valence-corrected chi connectivity index (χ3v) is 2.57. The van der Waals surface area contributed by atoms with Crippen LogP contribution in [0.3, 0.4) is 0 Å². The Morgan fingerprint density at radius 3 is 2.25 bits per heavy atom. The van der Waals surface area contributed by atoms with Crippen LogP contribution in [0.4, 0.5) is 0 Å². The average Bonchev–Trinajstić information content (AvgIpc) is 1.79. The lowest BCUT2D eigenvalue weighted by molar-refractivity contribution is -0.117. The first-order valence-electron chi connectivity index (χ1n) is 4.48. The molecule has 1 atom stereocenters. The summed E-state index contributed by atoms with van der Waals surface area (Å²) < 4.78 is 5.77. The molecule has 0 aliphatic carbocycles. The Morgan fingerprint density at radius 2 is 1.92 bits per heavy atom. The highest BCUT2D eigenvalue weighted by Crippen LogP contribution is 2.10. The minimum Gasteiger partial charge on any atom is -0.415 e. The van der Waals surface area contributed by atoms with Gasteiger partial charge in [-0.3, -0.25) is 0 Å². The van der Waals surface area contributed by atoms with E-state index in [1.54, 1.807) is 6.92 Å². The monoisotopic (exact) mass is 188 g/mol. The van der Waals surface area contributed by atoms with Gasteiger partial charge in [0.15, 0.2) is 8.32 Å². The first-order chi connectivity index (χ1) is 5.31. The van der Waals surface area contributed by atoms with E-state index in [-0.39, 0.29) is 11.9 Å². The van der Waals surface area contributed by atoms with E-state index < -0.39 is 8.32 Å². The van der Waals surface area contributed by atoms with Crippen molar-refractivity contribution in [3.05, 3.63) is 0 Å². The van der Waals surface area contributed by atoms with Gasteiger partial charge in [0, 0.05) is 12.5 Å². The Bertz CT molecular complexity index is 149. The SMILES string of the molecule is CC(=O)CC[C@@H](C)O[Si](C)(C)C. The number of carbonyl (C=O) groups excluding carboxylic acids is 1. The first kappa shape index (κ1) is 11.8. The maximum Gasteiger partial charge on any atom is 0.184 e. The van der Waals surface area contributed by atoms with Gasteiger partial charge >= 0.3 is 0 Å². The van der Waals surface area contributed by atoms with E-state index in [1.807, 2.05) is 6.92 Å². The number of carbonyl (C=O) groups is 1. The highest BCUT2D eigenvalue weighted by Gasteiger charge is 2.17. The van der Waals surface area contributed by atoms with E-state index in [2.05, 4.69) is 19.6 Å². The Morgan fingerprint density at radius 1 is 1.42 bits per heavy atom. The molecule has 0 rings (SSSR count). The first-order valence-corrected chi connectivity index (χ1v) is 7.89. The fourth-order valence-corrected chi connectivity index (χ4v) is 2.39. The molecule has 72 valence electrons. The van der Waals surface area contributed by atoms with Crippen LogP contribution < -0.4 is 0 Å². The van der Waals surface area contributed by atoms with E-state index in [0.717, 1.165) is 6.42 Å². The van der Waals surface area contributed by atoms with Gasteiger partial charge in [-0.15, -0.1) is 0 Å². The molecule has 0 aliphatic heterocycles. The summed E-state index contributed by atoms with van der Waals surface area (Å²) in [7, 11) is -1.40. The Kier molecular flexibility index (Phi) is 4.71. The highest BCUT2D eigenvalue weighted by molar-refractivity contribution is 6.69. The second-order valence-corrected chi connectivity index (χ2v) is 8.74. The summed E-state index contributed by atoms with van der Waals surface area (Å²) in [5.41, 5.74) is 0. The maximum atomic E-state index is 10.7. The molecule has 0 N–H and O–H groups in total. The van der Waals surface area contributed by atoms with Crippen LogP contribution in [0, 0.1) is 0 Å². The Hall–Kier alpha value is -0.153. The lowest BCUT2D eigenvalue weighted by Crippen LogP contribution is -2.30. The molecule has 0 saturated heterocycles. The molecule has 0 spiro atoms. The molecule has 0 bridgehead atoms. The van der Waals surface area contributed by atoms with Gasteiger partial charge in [-0.25, -0.2) is 0 Å². The van der Waals surface area contributed by atoms with Crippen molar-refractivity contribution in [3.63, 3.8) is 0 Å².